The molecule has 1 heterocycles. The van der Waals surface area contributed by atoms with Crippen LogP contribution < -0.4 is 21.1 Å². The molecule has 1 aliphatic rings. The van der Waals surface area contributed by atoms with E-state index in [0.717, 1.165) is 50.1 Å². The Balaban J connectivity index is 1.72. The number of piperidine rings is 1. The van der Waals surface area contributed by atoms with Gasteiger partial charge in [0.2, 0.25) is 5.91 Å². The summed E-state index contributed by atoms with van der Waals surface area (Å²) in [4.78, 5) is 11.7. The van der Waals surface area contributed by atoms with Crippen molar-refractivity contribution >= 4 is 5.91 Å². The predicted octanol–water partition coefficient (Wildman–Crippen LogP) is 2.05. The molecule has 1 aromatic rings. The number of amides is 1. The van der Waals surface area contributed by atoms with Gasteiger partial charge < -0.3 is 21.1 Å². The van der Waals surface area contributed by atoms with Gasteiger partial charge in [0.1, 0.15) is 11.9 Å². The zero-order valence-corrected chi connectivity index (χ0v) is 15.9. The van der Waals surface area contributed by atoms with Gasteiger partial charge in [0.15, 0.2) is 0 Å². The first-order valence-corrected chi connectivity index (χ1v) is 9.56. The fraction of sp³-hybridized carbons (Fsp3) is 0.571. The zero-order chi connectivity index (χ0) is 18.8. The van der Waals surface area contributed by atoms with Crippen molar-refractivity contribution < 1.29 is 9.53 Å². The highest BCUT2D eigenvalue weighted by atomic mass is 16.5. The molecule has 4 N–H and O–H groups in total. The van der Waals surface area contributed by atoms with Crippen molar-refractivity contribution in [1.82, 2.24) is 10.6 Å². The SMILES string of the molecule is CC(C)C(N)C(=O)NCCCC#Cc1cccc(OC2CCNCC2)c1. The van der Waals surface area contributed by atoms with Gasteiger partial charge in [-0.2, -0.15) is 0 Å². The molecule has 142 valence electrons. The van der Waals surface area contributed by atoms with E-state index in [1.54, 1.807) is 0 Å². The third kappa shape index (κ3) is 7.07. The van der Waals surface area contributed by atoms with Crippen LogP contribution in [0.25, 0.3) is 0 Å². The van der Waals surface area contributed by atoms with Crippen molar-refractivity contribution in [2.24, 2.45) is 11.7 Å². The molecule has 1 aliphatic heterocycles. The molecule has 0 saturated carbocycles. The number of nitrogens with one attached hydrogen (secondary N) is 2. The summed E-state index contributed by atoms with van der Waals surface area (Å²) in [6, 6.07) is 7.52. The normalized spacial score (nSPS) is 15.8. The first kappa shape index (κ1) is 20.3. The maximum atomic E-state index is 11.7. The van der Waals surface area contributed by atoms with Crippen LogP contribution in [0.3, 0.4) is 0 Å². The highest BCUT2D eigenvalue weighted by molar-refractivity contribution is 5.81. The van der Waals surface area contributed by atoms with Gasteiger partial charge in [0.25, 0.3) is 0 Å². The largest absolute Gasteiger partial charge is 0.490 e. The topological polar surface area (TPSA) is 76.4 Å². The molecule has 1 atom stereocenters. The number of carbonyl (C=O) groups excluding carboxylic acids is 1. The van der Waals surface area contributed by atoms with Crippen LogP contribution in [-0.4, -0.2) is 37.7 Å². The van der Waals surface area contributed by atoms with E-state index in [0.29, 0.717) is 12.6 Å². The molecular weight excluding hydrogens is 326 g/mol. The Morgan fingerprint density at radius 1 is 1.38 bits per heavy atom. The minimum Gasteiger partial charge on any atom is -0.490 e. The molecule has 0 spiro atoms. The van der Waals surface area contributed by atoms with Gasteiger partial charge in [-0.1, -0.05) is 31.8 Å². The molecule has 26 heavy (non-hydrogen) atoms. The molecular formula is C21H31N3O2. The van der Waals surface area contributed by atoms with Gasteiger partial charge >= 0.3 is 0 Å². The molecule has 0 aliphatic carbocycles. The molecule has 1 unspecified atom stereocenters. The molecule has 5 heteroatoms. The van der Waals surface area contributed by atoms with Gasteiger partial charge in [-0.3, -0.25) is 4.79 Å². The second-order valence-corrected chi connectivity index (χ2v) is 7.06. The smallest absolute Gasteiger partial charge is 0.237 e. The summed E-state index contributed by atoms with van der Waals surface area (Å²) in [6.07, 6.45) is 3.93. The summed E-state index contributed by atoms with van der Waals surface area (Å²) in [7, 11) is 0. The Bertz CT molecular complexity index is 628. The maximum Gasteiger partial charge on any atom is 0.237 e. The number of ether oxygens (including phenoxy) is 1. The average Bonchev–Trinajstić information content (AvgIpc) is 2.64. The summed E-state index contributed by atoms with van der Waals surface area (Å²) in [5.74, 6) is 7.28. The molecule has 1 amide bonds. The maximum absolute atomic E-state index is 11.7. The fourth-order valence-corrected chi connectivity index (χ4v) is 2.73. The van der Waals surface area contributed by atoms with Crippen LogP contribution in [0.2, 0.25) is 0 Å². The van der Waals surface area contributed by atoms with Gasteiger partial charge in [-0.05, 0) is 56.5 Å². The van der Waals surface area contributed by atoms with E-state index >= 15 is 0 Å². The van der Waals surface area contributed by atoms with Crippen molar-refractivity contribution in [3.8, 4) is 17.6 Å². The van der Waals surface area contributed by atoms with Gasteiger partial charge in [0.05, 0.1) is 6.04 Å². The first-order chi connectivity index (χ1) is 12.6. The molecule has 5 nitrogen and oxygen atoms in total. The van der Waals surface area contributed by atoms with Crippen LogP contribution >= 0.6 is 0 Å². The quantitative estimate of drug-likeness (QED) is 0.516. The minimum absolute atomic E-state index is 0.0873. The summed E-state index contributed by atoms with van der Waals surface area (Å²) >= 11 is 0. The highest BCUT2D eigenvalue weighted by Gasteiger charge is 2.16. The molecule has 1 fully saturated rings. The molecule has 1 aromatic carbocycles. The Morgan fingerprint density at radius 3 is 2.88 bits per heavy atom. The number of carbonyl (C=O) groups is 1. The number of rotatable bonds is 7. The van der Waals surface area contributed by atoms with Crippen LogP contribution in [0.5, 0.6) is 5.75 Å². The van der Waals surface area contributed by atoms with E-state index in [1.165, 1.54) is 0 Å². The number of benzene rings is 1. The minimum atomic E-state index is -0.441. The third-order valence-electron chi connectivity index (χ3n) is 4.45. The van der Waals surface area contributed by atoms with Crippen LogP contribution in [0, 0.1) is 17.8 Å². The number of hydrogen-bond donors (Lipinski definition) is 3. The predicted molar refractivity (Wildman–Crippen MR) is 105 cm³/mol. The van der Waals surface area contributed by atoms with E-state index in [9.17, 15) is 4.79 Å². The van der Waals surface area contributed by atoms with Gasteiger partial charge in [-0.25, -0.2) is 0 Å². The highest BCUT2D eigenvalue weighted by Crippen LogP contribution is 2.17. The zero-order valence-electron chi connectivity index (χ0n) is 15.9. The lowest BCUT2D eigenvalue weighted by atomic mass is 10.1. The van der Waals surface area contributed by atoms with Crippen LogP contribution in [0.1, 0.15) is 45.1 Å². The van der Waals surface area contributed by atoms with E-state index < -0.39 is 6.04 Å². The lowest BCUT2D eigenvalue weighted by Gasteiger charge is -2.23. The molecule has 0 radical (unpaired) electrons. The van der Waals surface area contributed by atoms with Crippen molar-refractivity contribution in [1.29, 1.82) is 0 Å². The fourth-order valence-electron chi connectivity index (χ4n) is 2.73. The van der Waals surface area contributed by atoms with Crippen LogP contribution in [-0.2, 0) is 4.79 Å². The van der Waals surface area contributed by atoms with Crippen molar-refractivity contribution in [2.75, 3.05) is 19.6 Å². The summed E-state index contributed by atoms with van der Waals surface area (Å²) in [6.45, 7) is 6.52. The number of unbranched alkanes of at least 4 members (excludes halogenated alkanes) is 1. The Hall–Kier alpha value is -2.03. The average molecular weight is 357 g/mol. The summed E-state index contributed by atoms with van der Waals surface area (Å²) in [5.41, 5.74) is 6.76. The van der Waals surface area contributed by atoms with Crippen molar-refractivity contribution in [3.63, 3.8) is 0 Å². The first-order valence-electron chi connectivity index (χ1n) is 9.56. The third-order valence-corrected chi connectivity index (χ3v) is 4.45. The van der Waals surface area contributed by atoms with Crippen LogP contribution in [0.4, 0.5) is 0 Å². The lowest BCUT2D eigenvalue weighted by Crippen LogP contribution is -2.44. The van der Waals surface area contributed by atoms with Gasteiger partial charge in [0, 0.05) is 18.5 Å². The lowest BCUT2D eigenvalue weighted by molar-refractivity contribution is -0.123. The summed E-state index contributed by atoms with van der Waals surface area (Å²) < 4.78 is 6.04. The Labute approximate surface area is 157 Å². The van der Waals surface area contributed by atoms with Crippen LogP contribution in [0.15, 0.2) is 24.3 Å². The second-order valence-electron chi connectivity index (χ2n) is 7.06. The van der Waals surface area contributed by atoms with E-state index in [1.807, 2.05) is 38.1 Å². The second kappa shape index (κ2) is 10.8. The van der Waals surface area contributed by atoms with E-state index in [-0.39, 0.29) is 11.8 Å². The van der Waals surface area contributed by atoms with Gasteiger partial charge in [-0.15, -0.1) is 0 Å². The summed E-state index contributed by atoms with van der Waals surface area (Å²) in [5, 5.41) is 6.20. The Kier molecular flexibility index (Phi) is 8.46. The molecule has 2 rings (SSSR count). The monoisotopic (exact) mass is 357 g/mol. The molecule has 1 saturated heterocycles. The number of hydrogen-bond acceptors (Lipinski definition) is 4. The molecule has 0 bridgehead atoms. The molecule has 0 aromatic heterocycles. The van der Waals surface area contributed by atoms with Crippen molar-refractivity contribution in [2.45, 2.75) is 51.7 Å². The van der Waals surface area contributed by atoms with E-state index in [2.05, 4.69) is 22.5 Å². The number of nitrogens with two attached hydrogens (primary N) is 1. The van der Waals surface area contributed by atoms with E-state index in [4.69, 9.17) is 10.5 Å². The Morgan fingerprint density at radius 2 is 2.15 bits per heavy atom. The van der Waals surface area contributed by atoms with Crippen molar-refractivity contribution in [3.05, 3.63) is 29.8 Å². The standard InChI is InChI=1S/C21H31N3O2/c1-16(2)20(22)21(25)24-12-5-3-4-7-17-8-6-9-19(15-17)26-18-10-13-23-14-11-18/h6,8-9,15-16,18,20,23H,3,5,10-14,22H2,1-2H3,(H,24,25).